The maximum absolute atomic E-state index is 11.5. The standard InChI is InChI=1S/C10H12O3/c1-13-9(12)10-5-3-2-4-7(10)8(11)6-10/h2-3,7H,4-6H2,1H3/t7-,10-/m0/s1. The van der Waals surface area contributed by atoms with Crippen LogP contribution in [0.1, 0.15) is 19.3 Å². The molecule has 0 aromatic rings. The molecule has 13 heavy (non-hydrogen) atoms. The Hall–Kier alpha value is -1.12. The Balaban J connectivity index is 2.26. The molecule has 0 saturated heterocycles. The minimum absolute atomic E-state index is 0.107. The molecule has 0 heterocycles. The van der Waals surface area contributed by atoms with Crippen molar-refractivity contribution in [2.75, 3.05) is 7.11 Å². The summed E-state index contributed by atoms with van der Waals surface area (Å²) in [6.07, 6.45) is 5.68. The highest BCUT2D eigenvalue weighted by molar-refractivity contribution is 6.00. The second-order valence-corrected chi connectivity index (χ2v) is 3.75. The molecule has 0 aromatic carbocycles. The zero-order valence-electron chi connectivity index (χ0n) is 7.58. The van der Waals surface area contributed by atoms with Crippen LogP contribution in [0.5, 0.6) is 0 Å². The molecule has 0 radical (unpaired) electrons. The number of methoxy groups -OCH3 is 1. The predicted octanol–water partition coefficient (Wildman–Crippen LogP) is 1.08. The molecule has 0 aliphatic heterocycles. The van der Waals surface area contributed by atoms with Crippen LogP contribution >= 0.6 is 0 Å². The molecule has 1 saturated carbocycles. The van der Waals surface area contributed by atoms with Crippen LogP contribution < -0.4 is 0 Å². The van der Waals surface area contributed by atoms with Gasteiger partial charge in [-0.3, -0.25) is 9.59 Å². The normalized spacial score (nSPS) is 36.4. The first-order valence-corrected chi connectivity index (χ1v) is 4.47. The van der Waals surface area contributed by atoms with Gasteiger partial charge in [0, 0.05) is 12.3 Å². The second kappa shape index (κ2) is 2.69. The Bertz CT molecular complexity index is 293. The monoisotopic (exact) mass is 180 g/mol. The molecule has 0 aromatic heterocycles. The largest absolute Gasteiger partial charge is 0.469 e. The minimum Gasteiger partial charge on any atom is -0.469 e. The van der Waals surface area contributed by atoms with E-state index in [1.165, 1.54) is 7.11 Å². The number of ketones is 1. The van der Waals surface area contributed by atoms with Crippen molar-refractivity contribution in [2.24, 2.45) is 11.3 Å². The van der Waals surface area contributed by atoms with Crippen molar-refractivity contribution >= 4 is 11.8 Å². The number of hydrogen-bond acceptors (Lipinski definition) is 3. The number of hydrogen-bond donors (Lipinski definition) is 0. The summed E-state index contributed by atoms with van der Waals surface area (Å²) in [6, 6.07) is 0. The van der Waals surface area contributed by atoms with Crippen molar-refractivity contribution in [1.29, 1.82) is 0 Å². The van der Waals surface area contributed by atoms with Gasteiger partial charge in [-0.1, -0.05) is 12.2 Å². The molecule has 2 aliphatic rings. The maximum atomic E-state index is 11.5. The van der Waals surface area contributed by atoms with Gasteiger partial charge in [-0.25, -0.2) is 0 Å². The highest BCUT2D eigenvalue weighted by Gasteiger charge is 2.58. The number of Topliss-reactive ketones (excluding diaryl/α,β-unsaturated/α-hetero) is 1. The van der Waals surface area contributed by atoms with E-state index in [9.17, 15) is 9.59 Å². The summed E-state index contributed by atoms with van der Waals surface area (Å²) in [6.45, 7) is 0. The van der Waals surface area contributed by atoms with E-state index in [1.807, 2.05) is 12.2 Å². The summed E-state index contributed by atoms with van der Waals surface area (Å²) >= 11 is 0. The third kappa shape index (κ3) is 0.961. The number of fused-ring (bicyclic) bond motifs is 1. The fourth-order valence-electron chi connectivity index (χ4n) is 2.33. The van der Waals surface area contributed by atoms with Gasteiger partial charge < -0.3 is 4.74 Å². The fraction of sp³-hybridized carbons (Fsp3) is 0.600. The van der Waals surface area contributed by atoms with Crippen LogP contribution in [0.4, 0.5) is 0 Å². The van der Waals surface area contributed by atoms with Crippen LogP contribution in [0.25, 0.3) is 0 Å². The molecule has 2 aliphatic carbocycles. The number of carbonyl (C=O) groups is 2. The first-order valence-electron chi connectivity index (χ1n) is 4.47. The third-order valence-corrected chi connectivity index (χ3v) is 3.16. The van der Waals surface area contributed by atoms with Crippen molar-refractivity contribution in [1.82, 2.24) is 0 Å². The summed E-state index contributed by atoms with van der Waals surface area (Å²) in [7, 11) is 1.38. The molecule has 2 atom stereocenters. The molecular weight excluding hydrogens is 168 g/mol. The molecule has 1 fully saturated rings. The van der Waals surface area contributed by atoms with Crippen molar-refractivity contribution in [3.63, 3.8) is 0 Å². The molecular formula is C10H12O3. The average molecular weight is 180 g/mol. The van der Waals surface area contributed by atoms with Gasteiger partial charge in [-0.15, -0.1) is 0 Å². The first kappa shape index (κ1) is 8.48. The Kier molecular flexibility index (Phi) is 1.75. The lowest BCUT2D eigenvalue weighted by Crippen LogP contribution is -2.54. The molecule has 0 spiro atoms. The van der Waals surface area contributed by atoms with Gasteiger partial charge in [-0.2, -0.15) is 0 Å². The van der Waals surface area contributed by atoms with Crippen molar-refractivity contribution in [3.05, 3.63) is 12.2 Å². The van der Waals surface area contributed by atoms with E-state index >= 15 is 0 Å². The van der Waals surface area contributed by atoms with E-state index in [0.29, 0.717) is 19.3 Å². The number of carbonyl (C=O) groups excluding carboxylic acids is 2. The van der Waals surface area contributed by atoms with Crippen LogP contribution in [0.15, 0.2) is 12.2 Å². The Morgan fingerprint density at radius 1 is 1.62 bits per heavy atom. The van der Waals surface area contributed by atoms with Gasteiger partial charge in [0.15, 0.2) is 0 Å². The zero-order chi connectivity index (χ0) is 9.47. The molecule has 0 bridgehead atoms. The van der Waals surface area contributed by atoms with Crippen LogP contribution in [0.3, 0.4) is 0 Å². The van der Waals surface area contributed by atoms with Crippen molar-refractivity contribution in [3.8, 4) is 0 Å². The summed E-state index contributed by atoms with van der Waals surface area (Å²) in [5.74, 6) is -0.124. The number of esters is 1. The molecule has 3 nitrogen and oxygen atoms in total. The number of rotatable bonds is 1. The van der Waals surface area contributed by atoms with E-state index in [0.717, 1.165) is 0 Å². The van der Waals surface area contributed by atoms with Gasteiger partial charge in [0.05, 0.1) is 12.5 Å². The highest BCUT2D eigenvalue weighted by atomic mass is 16.5. The molecule has 3 heteroatoms. The SMILES string of the molecule is COC(=O)[C@]12CC=CC[C@H]1C(=O)C2. The lowest BCUT2D eigenvalue weighted by molar-refractivity contribution is -0.171. The number of ether oxygens (including phenoxy) is 1. The van der Waals surface area contributed by atoms with Gasteiger partial charge in [0.25, 0.3) is 0 Å². The number of allylic oxidation sites excluding steroid dienone is 2. The van der Waals surface area contributed by atoms with Crippen LogP contribution in [0, 0.1) is 11.3 Å². The van der Waals surface area contributed by atoms with E-state index in [2.05, 4.69) is 0 Å². The van der Waals surface area contributed by atoms with E-state index in [4.69, 9.17) is 4.74 Å². The second-order valence-electron chi connectivity index (χ2n) is 3.75. The molecule has 0 unspecified atom stereocenters. The third-order valence-electron chi connectivity index (χ3n) is 3.16. The smallest absolute Gasteiger partial charge is 0.313 e. The van der Waals surface area contributed by atoms with Gasteiger partial charge in [0.2, 0.25) is 0 Å². The summed E-state index contributed by atoms with van der Waals surface area (Å²) in [5, 5.41) is 0. The Morgan fingerprint density at radius 3 is 3.00 bits per heavy atom. The topological polar surface area (TPSA) is 43.4 Å². The Labute approximate surface area is 76.8 Å². The summed E-state index contributed by atoms with van der Waals surface area (Å²) < 4.78 is 4.74. The predicted molar refractivity (Wildman–Crippen MR) is 45.9 cm³/mol. The van der Waals surface area contributed by atoms with E-state index in [1.54, 1.807) is 0 Å². The van der Waals surface area contributed by atoms with Gasteiger partial charge in [0.1, 0.15) is 5.78 Å². The summed E-state index contributed by atoms with van der Waals surface area (Å²) in [4.78, 5) is 22.7. The van der Waals surface area contributed by atoms with E-state index in [-0.39, 0.29) is 17.7 Å². The van der Waals surface area contributed by atoms with Gasteiger partial charge >= 0.3 is 5.97 Å². The summed E-state index contributed by atoms with van der Waals surface area (Å²) in [5.41, 5.74) is -0.499. The zero-order valence-corrected chi connectivity index (χ0v) is 7.58. The fourth-order valence-corrected chi connectivity index (χ4v) is 2.33. The van der Waals surface area contributed by atoms with Crippen molar-refractivity contribution < 1.29 is 14.3 Å². The van der Waals surface area contributed by atoms with Gasteiger partial charge in [-0.05, 0) is 12.8 Å². The molecule has 0 N–H and O–H groups in total. The van der Waals surface area contributed by atoms with E-state index < -0.39 is 5.41 Å². The van der Waals surface area contributed by atoms with Crippen LogP contribution in [0.2, 0.25) is 0 Å². The lowest BCUT2D eigenvalue weighted by atomic mass is 9.54. The minimum atomic E-state index is -0.499. The van der Waals surface area contributed by atoms with Crippen LogP contribution in [-0.4, -0.2) is 18.9 Å². The van der Waals surface area contributed by atoms with Crippen LogP contribution in [-0.2, 0) is 14.3 Å². The maximum Gasteiger partial charge on any atom is 0.313 e. The Morgan fingerprint density at radius 2 is 2.38 bits per heavy atom. The lowest BCUT2D eigenvalue weighted by Gasteiger charge is -2.46. The molecule has 0 amide bonds. The van der Waals surface area contributed by atoms with Crippen molar-refractivity contribution in [2.45, 2.75) is 19.3 Å². The highest BCUT2D eigenvalue weighted by Crippen LogP contribution is 2.51. The average Bonchev–Trinajstić information content (AvgIpc) is 2.14. The first-order chi connectivity index (χ1) is 6.20. The molecule has 70 valence electrons. The quantitative estimate of drug-likeness (QED) is 0.448. The molecule has 2 rings (SSSR count).